The Bertz CT molecular complexity index is 97.9. The summed E-state index contributed by atoms with van der Waals surface area (Å²) < 4.78 is 10.1. The summed E-state index contributed by atoms with van der Waals surface area (Å²) in [7, 11) is -3.68. The molecule has 0 spiro atoms. The molecule has 0 saturated carbocycles. The third-order valence-electron chi connectivity index (χ3n) is 0.803. The smallest absolute Gasteiger partial charge is 0.324 e. The predicted octanol–water partition coefficient (Wildman–Crippen LogP) is 2.87. The Kier molecular flexibility index (Phi) is 20.7. The van der Waals surface area contributed by atoms with Crippen LogP contribution in [0.2, 0.25) is 0 Å². The van der Waals surface area contributed by atoms with Gasteiger partial charge in [-0.2, -0.15) is 0 Å². The lowest BCUT2D eigenvalue weighted by Crippen LogP contribution is -1.84. The Hall–Kier alpha value is 0.150. The highest BCUT2D eigenvalue weighted by molar-refractivity contribution is 7.51. The summed E-state index contributed by atoms with van der Waals surface area (Å²) in [5.41, 5.74) is 0. The average molecular weight is 186 g/mol. The highest BCUT2D eigenvalue weighted by Gasteiger charge is 2.09. The first-order valence-corrected chi connectivity index (χ1v) is 4.40. The molecule has 0 fully saturated rings. The molecule has 2 N–H and O–H groups in total. The summed E-state index contributed by atoms with van der Waals surface area (Å²) >= 11 is 0. The Morgan fingerprint density at radius 3 is 1.64 bits per heavy atom. The van der Waals surface area contributed by atoms with Crippen molar-refractivity contribution in [1.29, 1.82) is 0 Å². The van der Waals surface area contributed by atoms with Crippen molar-refractivity contribution in [2.45, 2.75) is 42.0 Å². The lowest BCUT2D eigenvalue weighted by Gasteiger charge is -1.98. The van der Waals surface area contributed by atoms with E-state index in [2.05, 4.69) is 0 Å². The van der Waals surface area contributed by atoms with E-state index in [9.17, 15) is 4.57 Å². The maximum absolute atomic E-state index is 10.1. The SMILES string of the molecule is C.C.C.CCCCP(=O)(O)O. The van der Waals surface area contributed by atoms with E-state index in [4.69, 9.17) is 9.79 Å². The second kappa shape index (κ2) is 10.2. The van der Waals surface area contributed by atoms with Crippen molar-refractivity contribution in [3.63, 3.8) is 0 Å². The van der Waals surface area contributed by atoms with E-state index in [1.807, 2.05) is 6.92 Å². The van der Waals surface area contributed by atoms with Gasteiger partial charge in [0.25, 0.3) is 0 Å². The summed E-state index contributed by atoms with van der Waals surface area (Å²) in [5, 5.41) is 0. The molecule has 11 heavy (non-hydrogen) atoms. The first-order valence-electron chi connectivity index (χ1n) is 2.61. The van der Waals surface area contributed by atoms with Crippen molar-refractivity contribution >= 4 is 7.60 Å². The van der Waals surface area contributed by atoms with Gasteiger partial charge in [0.1, 0.15) is 0 Å². The molecule has 0 rings (SSSR count). The zero-order chi connectivity index (χ0) is 6.62. The lowest BCUT2D eigenvalue weighted by atomic mass is 10.4. The molecular formula is C7H23O3P. The first kappa shape index (κ1) is 22.5. The number of unbranched alkanes of at least 4 members (excludes halogenated alkanes) is 1. The van der Waals surface area contributed by atoms with Crippen LogP contribution in [0, 0.1) is 0 Å². The van der Waals surface area contributed by atoms with Crippen molar-refractivity contribution in [1.82, 2.24) is 0 Å². The molecule has 0 aromatic carbocycles. The summed E-state index contributed by atoms with van der Waals surface area (Å²) in [4.78, 5) is 16.5. The molecule has 0 unspecified atom stereocenters. The largest absolute Gasteiger partial charge is 0.325 e. The van der Waals surface area contributed by atoms with E-state index in [0.717, 1.165) is 6.42 Å². The molecule has 0 aliphatic carbocycles. The van der Waals surface area contributed by atoms with E-state index in [0.29, 0.717) is 6.42 Å². The van der Waals surface area contributed by atoms with Gasteiger partial charge < -0.3 is 9.79 Å². The van der Waals surface area contributed by atoms with Crippen LogP contribution in [0.15, 0.2) is 0 Å². The molecule has 0 radical (unpaired) electrons. The molecule has 0 bridgehead atoms. The van der Waals surface area contributed by atoms with Gasteiger partial charge in [0.2, 0.25) is 0 Å². The minimum atomic E-state index is -3.68. The van der Waals surface area contributed by atoms with Crippen molar-refractivity contribution in [3.05, 3.63) is 0 Å². The quantitative estimate of drug-likeness (QED) is 0.666. The summed E-state index contributed by atoms with van der Waals surface area (Å²) in [5.74, 6) is 0. The monoisotopic (exact) mass is 186 g/mol. The first-order chi connectivity index (χ1) is 3.56. The second-order valence-corrected chi connectivity index (χ2v) is 3.52. The maximum atomic E-state index is 10.1. The average Bonchev–Trinajstić information content (AvgIpc) is 1.59. The fraction of sp³-hybridized carbons (Fsp3) is 1.00. The van der Waals surface area contributed by atoms with Gasteiger partial charge in [-0.3, -0.25) is 4.57 Å². The Balaban J connectivity index is -0.0000000817. The van der Waals surface area contributed by atoms with Crippen molar-refractivity contribution in [2.24, 2.45) is 0 Å². The molecule has 0 heterocycles. The van der Waals surface area contributed by atoms with Gasteiger partial charge >= 0.3 is 7.60 Å². The van der Waals surface area contributed by atoms with Crippen LogP contribution in [0.5, 0.6) is 0 Å². The zero-order valence-electron chi connectivity index (χ0n) is 4.87. The van der Waals surface area contributed by atoms with E-state index in [-0.39, 0.29) is 28.4 Å². The number of rotatable bonds is 3. The Morgan fingerprint density at radius 1 is 1.18 bits per heavy atom. The maximum Gasteiger partial charge on any atom is 0.325 e. The van der Waals surface area contributed by atoms with Crippen LogP contribution >= 0.6 is 7.60 Å². The fourth-order valence-electron chi connectivity index (χ4n) is 0.364. The van der Waals surface area contributed by atoms with E-state index in [1.165, 1.54) is 0 Å². The Morgan fingerprint density at radius 2 is 1.55 bits per heavy atom. The molecule has 0 amide bonds. The highest BCUT2D eigenvalue weighted by atomic mass is 31.2. The lowest BCUT2D eigenvalue weighted by molar-refractivity contribution is 0.371. The normalized spacial score (nSPS) is 8.64. The van der Waals surface area contributed by atoms with Crippen LogP contribution in [-0.4, -0.2) is 15.9 Å². The van der Waals surface area contributed by atoms with Crippen molar-refractivity contribution in [3.8, 4) is 0 Å². The van der Waals surface area contributed by atoms with Gasteiger partial charge in [-0.1, -0.05) is 35.6 Å². The van der Waals surface area contributed by atoms with Gasteiger partial charge in [0.05, 0.1) is 0 Å². The standard InChI is InChI=1S/C4H11O3P.3CH4/c1-2-3-4-8(5,6)7;;;/h2-4H2,1H3,(H2,5,6,7);3*1H4. The topological polar surface area (TPSA) is 57.5 Å². The van der Waals surface area contributed by atoms with E-state index in [1.54, 1.807) is 0 Å². The van der Waals surface area contributed by atoms with Crippen LogP contribution in [0.3, 0.4) is 0 Å². The molecule has 3 nitrogen and oxygen atoms in total. The van der Waals surface area contributed by atoms with Crippen LogP contribution in [0.25, 0.3) is 0 Å². The van der Waals surface area contributed by atoms with Gasteiger partial charge in [0.15, 0.2) is 0 Å². The Labute approximate surface area is 71.0 Å². The molecule has 0 aliphatic heterocycles. The highest BCUT2D eigenvalue weighted by Crippen LogP contribution is 2.34. The molecular weight excluding hydrogens is 163 g/mol. The third kappa shape index (κ3) is 25.4. The molecule has 0 aromatic heterocycles. The minimum absolute atomic E-state index is 0. The molecule has 0 aromatic rings. The zero-order valence-corrected chi connectivity index (χ0v) is 5.77. The van der Waals surface area contributed by atoms with E-state index >= 15 is 0 Å². The van der Waals surface area contributed by atoms with Crippen molar-refractivity contribution in [2.75, 3.05) is 6.16 Å². The summed E-state index contributed by atoms with van der Waals surface area (Å²) in [6.07, 6.45) is 1.49. The summed E-state index contributed by atoms with van der Waals surface area (Å²) in [6.45, 7) is 1.90. The minimum Gasteiger partial charge on any atom is -0.324 e. The predicted molar refractivity (Wildman–Crippen MR) is 52.0 cm³/mol. The fourth-order valence-corrected chi connectivity index (χ4v) is 1.09. The van der Waals surface area contributed by atoms with Crippen LogP contribution in [-0.2, 0) is 4.57 Å². The van der Waals surface area contributed by atoms with Gasteiger partial charge in [-0.15, -0.1) is 0 Å². The van der Waals surface area contributed by atoms with Crippen molar-refractivity contribution < 1.29 is 14.4 Å². The molecule has 0 saturated heterocycles. The molecule has 0 atom stereocenters. The van der Waals surface area contributed by atoms with E-state index < -0.39 is 7.60 Å². The number of hydrogen-bond donors (Lipinski definition) is 2. The van der Waals surface area contributed by atoms with Crippen LogP contribution in [0.1, 0.15) is 42.0 Å². The molecule has 4 heteroatoms. The van der Waals surface area contributed by atoms with Gasteiger partial charge in [0, 0.05) is 6.16 Å². The second-order valence-electron chi connectivity index (χ2n) is 1.74. The molecule has 0 aliphatic rings. The summed E-state index contributed by atoms with van der Waals surface area (Å²) in [6, 6.07) is 0. The number of hydrogen-bond acceptors (Lipinski definition) is 1. The van der Waals surface area contributed by atoms with Crippen LogP contribution in [0.4, 0.5) is 0 Å². The van der Waals surface area contributed by atoms with Gasteiger partial charge in [-0.05, 0) is 6.42 Å². The third-order valence-corrected chi connectivity index (χ3v) is 1.70. The van der Waals surface area contributed by atoms with Gasteiger partial charge in [-0.25, -0.2) is 0 Å². The molecule has 74 valence electrons. The van der Waals surface area contributed by atoms with Crippen LogP contribution < -0.4 is 0 Å².